The summed E-state index contributed by atoms with van der Waals surface area (Å²) in [6.07, 6.45) is 1.32. The predicted molar refractivity (Wildman–Crippen MR) is 129 cm³/mol. The first-order valence-corrected chi connectivity index (χ1v) is 11.6. The van der Waals surface area contributed by atoms with Crippen molar-refractivity contribution in [3.63, 3.8) is 0 Å². The number of para-hydroxylation sites is 2. The minimum Gasteiger partial charge on any atom is -0.497 e. The molecule has 0 aromatic heterocycles. The Labute approximate surface area is 201 Å². The van der Waals surface area contributed by atoms with Crippen molar-refractivity contribution < 1.29 is 27.6 Å². The predicted octanol–water partition coefficient (Wildman–Crippen LogP) is 2.96. The van der Waals surface area contributed by atoms with Crippen LogP contribution in [0, 0.1) is 10.1 Å². The molecule has 3 rings (SSSR count). The number of hydrogen-bond donors (Lipinski definition) is 1. The second-order valence-electron chi connectivity index (χ2n) is 6.97. The maximum Gasteiger partial charge on any atom is 0.289 e. The number of ether oxygens (including phenoxy) is 2. The van der Waals surface area contributed by atoms with Crippen molar-refractivity contribution in [3.8, 4) is 11.5 Å². The number of hydrazone groups is 1. The van der Waals surface area contributed by atoms with Crippen LogP contribution >= 0.6 is 0 Å². The summed E-state index contributed by atoms with van der Waals surface area (Å²) >= 11 is 0. The number of nitro benzene ring substituents is 1. The molecule has 0 unspecified atom stereocenters. The summed E-state index contributed by atoms with van der Waals surface area (Å²) in [5.41, 5.74) is 2.34. The molecule has 182 valence electrons. The molecule has 35 heavy (non-hydrogen) atoms. The Morgan fingerprint density at radius 1 is 1.06 bits per heavy atom. The van der Waals surface area contributed by atoms with E-state index >= 15 is 0 Å². The van der Waals surface area contributed by atoms with E-state index < -0.39 is 38.0 Å². The Morgan fingerprint density at radius 2 is 1.74 bits per heavy atom. The minimum atomic E-state index is -4.48. The van der Waals surface area contributed by atoms with Gasteiger partial charge < -0.3 is 9.47 Å². The van der Waals surface area contributed by atoms with Crippen molar-refractivity contribution >= 4 is 33.5 Å². The number of carbonyl (C=O) groups is 1. The topological polar surface area (TPSA) is 140 Å². The van der Waals surface area contributed by atoms with Crippen molar-refractivity contribution in [3.05, 3.63) is 88.5 Å². The standard InChI is InChI=1S/C23H22N4O7S/c1-33-19-12-13-21(34-2)17(14-19)15-24-25-23(28)16-26(18-8-4-3-5-9-18)35(31,32)22-11-7-6-10-20(22)27(29)30/h3-15H,16H2,1-2H3,(H,25,28). The summed E-state index contributed by atoms with van der Waals surface area (Å²) < 4.78 is 38.0. The highest BCUT2D eigenvalue weighted by atomic mass is 32.2. The fourth-order valence-corrected chi connectivity index (χ4v) is 4.72. The van der Waals surface area contributed by atoms with Crippen LogP contribution in [0.5, 0.6) is 11.5 Å². The molecular weight excluding hydrogens is 476 g/mol. The van der Waals surface area contributed by atoms with Crippen LogP contribution in [-0.4, -0.2) is 46.2 Å². The zero-order chi connectivity index (χ0) is 25.4. The molecule has 0 saturated heterocycles. The van der Waals surface area contributed by atoms with E-state index in [9.17, 15) is 23.3 Å². The number of rotatable bonds is 10. The van der Waals surface area contributed by atoms with Gasteiger partial charge in [-0.2, -0.15) is 5.10 Å². The summed E-state index contributed by atoms with van der Waals surface area (Å²) in [6.45, 7) is -0.676. The van der Waals surface area contributed by atoms with Crippen LogP contribution in [0.4, 0.5) is 11.4 Å². The molecule has 1 amide bonds. The van der Waals surface area contributed by atoms with Crippen molar-refractivity contribution in [1.82, 2.24) is 5.43 Å². The summed E-state index contributed by atoms with van der Waals surface area (Å²) in [5.74, 6) is 0.257. The SMILES string of the molecule is COc1ccc(OC)c(C=NNC(=O)CN(c2ccccc2)S(=O)(=O)c2ccccc2[N+](=O)[O-])c1. The number of nitro groups is 1. The number of methoxy groups -OCH3 is 2. The first-order chi connectivity index (χ1) is 16.8. The lowest BCUT2D eigenvalue weighted by molar-refractivity contribution is -0.387. The highest BCUT2D eigenvalue weighted by Crippen LogP contribution is 2.29. The first kappa shape index (κ1) is 25.2. The number of hydrogen-bond acceptors (Lipinski definition) is 8. The molecule has 11 nitrogen and oxygen atoms in total. The van der Waals surface area contributed by atoms with Crippen molar-refractivity contribution in [2.24, 2.45) is 5.10 Å². The summed E-state index contributed by atoms with van der Waals surface area (Å²) in [4.78, 5) is 22.8. The first-order valence-electron chi connectivity index (χ1n) is 10.1. The van der Waals surface area contributed by atoms with E-state index in [4.69, 9.17) is 9.47 Å². The second kappa shape index (κ2) is 11.1. The van der Waals surface area contributed by atoms with Gasteiger partial charge in [0.15, 0.2) is 4.90 Å². The Kier molecular flexibility index (Phi) is 8.00. The molecule has 0 aliphatic heterocycles. The minimum absolute atomic E-state index is 0.152. The second-order valence-corrected chi connectivity index (χ2v) is 8.80. The van der Waals surface area contributed by atoms with E-state index in [0.29, 0.717) is 17.1 Å². The van der Waals surface area contributed by atoms with Gasteiger partial charge in [-0.3, -0.25) is 19.2 Å². The zero-order valence-corrected chi connectivity index (χ0v) is 19.6. The van der Waals surface area contributed by atoms with Gasteiger partial charge in [0.05, 0.1) is 31.0 Å². The van der Waals surface area contributed by atoms with Gasteiger partial charge in [-0.1, -0.05) is 30.3 Å². The van der Waals surface area contributed by atoms with E-state index in [1.807, 2.05) is 0 Å². The maximum absolute atomic E-state index is 13.4. The van der Waals surface area contributed by atoms with Crippen LogP contribution in [0.1, 0.15) is 5.56 Å². The van der Waals surface area contributed by atoms with Crippen molar-refractivity contribution in [2.75, 3.05) is 25.1 Å². The Hall–Kier alpha value is -4.45. The molecule has 0 spiro atoms. The maximum atomic E-state index is 13.4. The van der Waals surface area contributed by atoms with Crippen molar-refractivity contribution in [1.29, 1.82) is 0 Å². The molecule has 0 radical (unpaired) electrons. The molecule has 0 heterocycles. The monoisotopic (exact) mass is 498 g/mol. The van der Waals surface area contributed by atoms with Crippen LogP contribution in [0.2, 0.25) is 0 Å². The van der Waals surface area contributed by atoms with Gasteiger partial charge in [-0.25, -0.2) is 13.8 Å². The normalized spacial score (nSPS) is 11.1. The summed E-state index contributed by atoms with van der Waals surface area (Å²) in [5, 5.41) is 15.3. The summed E-state index contributed by atoms with van der Waals surface area (Å²) in [7, 11) is -1.50. The molecule has 0 aliphatic carbocycles. The molecule has 12 heteroatoms. The Morgan fingerprint density at radius 3 is 2.40 bits per heavy atom. The molecule has 0 saturated carbocycles. The number of benzene rings is 3. The smallest absolute Gasteiger partial charge is 0.289 e. The van der Waals surface area contributed by atoms with Gasteiger partial charge in [0.25, 0.3) is 21.6 Å². The molecule has 3 aromatic rings. The van der Waals surface area contributed by atoms with Gasteiger partial charge in [-0.05, 0) is 36.4 Å². The number of carbonyl (C=O) groups excluding carboxylic acids is 1. The van der Waals surface area contributed by atoms with Crippen LogP contribution in [0.25, 0.3) is 0 Å². The van der Waals surface area contributed by atoms with E-state index in [0.717, 1.165) is 16.4 Å². The summed E-state index contributed by atoms with van der Waals surface area (Å²) in [6, 6.07) is 17.7. The third kappa shape index (κ3) is 5.92. The van der Waals surface area contributed by atoms with Gasteiger partial charge >= 0.3 is 0 Å². The molecule has 0 bridgehead atoms. The quantitative estimate of drug-likeness (QED) is 0.257. The van der Waals surface area contributed by atoms with E-state index in [2.05, 4.69) is 10.5 Å². The fraction of sp³-hybridized carbons (Fsp3) is 0.130. The number of amides is 1. The van der Waals surface area contributed by atoms with Crippen LogP contribution in [-0.2, 0) is 14.8 Å². The largest absolute Gasteiger partial charge is 0.497 e. The van der Waals surface area contributed by atoms with E-state index in [1.54, 1.807) is 36.4 Å². The van der Waals surface area contributed by atoms with Gasteiger partial charge in [-0.15, -0.1) is 0 Å². The van der Waals surface area contributed by atoms with E-state index in [-0.39, 0.29) is 5.69 Å². The third-order valence-electron chi connectivity index (χ3n) is 4.79. The molecular formula is C23H22N4O7S. The number of sulfonamides is 1. The average Bonchev–Trinajstić information content (AvgIpc) is 2.87. The molecule has 0 atom stereocenters. The number of anilines is 1. The van der Waals surface area contributed by atoms with Gasteiger partial charge in [0.1, 0.15) is 18.0 Å². The van der Waals surface area contributed by atoms with Crippen LogP contribution in [0.3, 0.4) is 0 Å². The lowest BCUT2D eigenvalue weighted by Crippen LogP contribution is -2.39. The van der Waals surface area contributed by atoms with Crippen molar-refractivity contribution in [2.45, 2.75) is 4.90 Å². The highest BCUT2D eigenvalue weighted by Gasteiger charge is 2.33. The molecule has 0 aliphatic rings. The molecule has 3 aromatic carbocycles. The Balaban J connectivity index is 1.89. The van der Waals surface area contributed by atoms with Crippen LogP contribution in [0.15, 0.2) is 82.8 Å². The third-order valence-corrected chi connectivity index (χ3v) is 6.61. The van der Waals surface area contributed by atoms with Gasteiger partial charge in [0, 0.05) is 11.6 Å². The molecule has 1 N–H and O–H groups in total. The number of nitrogens with zero attached hydrogens (tertiary/aromatic N) is 3. The Bertz CT molecular complexity index is 1340. The van der Waals surface area contributed by atoms with Crippen LogP contribution < -0.4 is 19.2 Å². The number of nitrogens with one attached hydrogen (secondary N) is 1. The molecule has 0 fully saturated rings. The fourth-order valence-electron chi connectivity index (χ4n) is 3.13. The zero-order valence-electron chi connectivity index (χ0n) is 18.8. The van der Waals surface area contributed by atoms with Gasteiger partial charge in [0.2, 0.25) is 0 Å². The lowest BCUT2D eigenvalue weighted by Gasteiger charge is -2.23. The lowest BCUT2D eigenvalue weighted by atomic mass is 10.2. The average molecular weight is 499 g/mol. The van der Waals surface area contributed by atoms with E-state index in [1.165, 1.54) is 44.7 Å². The highest BCUT2D eigenvalue weighted by molar-refractivity contribution is 7.93.